The molecule has 0 amide bonds. The normalized spacial score (nSPS) is 12.4. The number of carbonyl (C=O) groups is 1. The fraction of sp³-hybridized carbons (Fsp3) is 0.905. The van der Waals surface area contributed by atoms with Gasteiger partial charge in [0.15, 0.2) is 5.96 Å². The predicted molar refractivity (Wildman–Crippen MR) is 131 cm³/mol. The van der Waals surface area contributed by atoms with Crippen molar-refractivity contribution in [2.45, 2.75) is 85.6 Å². The molecule has 1 unspecified atom stereocenters. The summed E-state index contributed by atoms with van der Waals surface area (Å²) in [4.78, 5) is 18.4. The highest BCUT2D eigenvalue weighted by Gasteiger charge is 2.06. The predicted octanol–water partition coefficient (Wildman–Crippen LogP) is 4.18. The molecule has 1 atom stereocenters. The summed E-state index contributed by atoms with van der Waals surface area (Å²) in [5.74, 6) is 0.837. The summed E-state index contributed by atoms with van der Waals surface area (Å²) in [6.45, 7) is 16.2. The van der Waals surface area contributed by atoms with Gasteiger partial charge in [-0.1, -0.05) is 26.7 Å². The monoisotopic (exact) mass is 512 g/mol. The molecule has 7 heteroatoms. The van der Waals surface area contributed by atoms with Gasteiger partial charge in [-0.05, 0) is 66.1 Å². The number of unbranched alkanes of at least 4 members (excludes halogenated alkanes) is 3. The Labute approximate surface area is 190 Å². The van der Waals surface area contributed by atoms with E-state index in [1.165, 1.54) is 13.0 Å². The first-order chi connectivity index (χ1) is 13.1. The Balaban J connectivity index is 0. The zero-order valence-corrected chi connectivity index (χ0v) is 21.2. The van der Waals surface area contributed by atoms with E-state index in [2.05, 4.69) is 48.2 Å². The van der Waals surface area contributed by atoms with Gasteiger partial charge >= 0.3 is 5.97 Å². The van der Waals surface area contributed by atoms with Gasteiger partial charge in [-0.15, -0.1) is 24.0 Å². The van der Waals surface area contributed by atoms with Crippen molar-refractivity contribution < 1.29 is 9.53 Å². The van der Waals surface area contributed by atoms with Gasteiger partial charge in [-0.3, -0.25) is 9.79 Å². The highest BCUT2D eigenvalue weighted by molar-refractivity contribution is 14.0. The number of guanidine groups is 1. The standard InChI is InChI=1S/C21H44N4O2.HI/c1-6-22-21(24-19(5)15-14-18-25(7-2)8-3)23-17-13-11-10-12-16-20(26)27-9-4;/h19H,6-18H2,1-5H3,(H2,22,23,24);1H. The molecular formula is C21H45IN4O2. The number of rotatable bonds is 16. The Morgan fingerprint density at radius 1 is 1.04 bits per heavy atom. The van der Waals surface area contributed by atoms with Crippen LogP contribution in [0.5, 0.6) is 0 Å². The van der Waals surface area contributed by atoms with Crippen molar-refractivity contribution in [1.29, 1.82) is 0 Å². The molecule has 0 aliphatic carbocycles. The molecule has 0 heterocycles. The summed E-state index contributed by atoms with van der Waals surface area (Å²) in [7, 11) is 0. The van der Waals surface area contributed by atoms with E-state index in [1.807, 2.05) is 6.92 Å². The molecule has 0 saturated heterocycles. The molecule has 2 N–H and O–H groups in total. The average Bonchev–Trinajstić information content (AvgIpc) is 2.64. The maximum Gasteiger partial charge on any atom is 0.305 e. The van der Waals surface area contributed by atoms with E-state index in [0.29, 0.717) is 19.1 Å². The number of hydrogen-bond donors (Lipinski definition) is 2. The number of ether oxygens (including phenoxy) is 1. The lowest BCUT2D eigenvalue weighted by atomic mass is 10.1. The summed E-state index contributed by atoms with van der Waals surface area (Å²) in [5, 5.41) is 6.85. The van der Waals surface area contributed by atoms with Gasteiger partial charge in [0.1, 0.15) is 0 Å². The third-order valence-electron chi connectivity index (χ3n) is 4.60. The molecule has 0 saturated carbocycles. The van der Waals surface area contributed by atoms with Crippen LogP contribution in [0.3, 0.4) is 0 Å². The van der Waals surface area contributed by atoms with Crippen LogP contribution in [0.25, 0.3) is 0 Å². The van der Waals surface area contributed by atoms with Crippen molar-refractivity contribution in [3.8, 4) is 0 Å². The number of nitrogens with one attached hydrogen (secondary N) is 2. The molecule has 0 rings (SSSR count). The van der Waals surface area contributed by atoms with Crippen molar-refractivity contribution in [2.24, 2.45) is 4.99 Å². The van der Waals surface area contributed by atoms with E-state index in [4.69, 9.17) is 4.74 Å². The van der Waals surface area contributed by atoms with Crippen LogP contribution >= 0.6 is 24.0 Å². The zero-order chi connectivity index (χ0) is 20.3. The first-order valence-corrected chi connectivity index (χ1v) is 11.0. The lowest BCUT2D eigenvalue weighted by Gasteiger charge is -2.21. The van der Waals surface area contributed by atoms with Crippen molar-refractivity contribution >= 4 is 35.9 Å². The summed E-state index contributed by atoms with van der Waals surface area (Å²) in [6.07, 6.45) is 7.00. The van der Waals surface area contributed by atoms with Gasteiger partial charge in [0.25, 0.3) is 0 Å². The topological polar surface area (TPSA) is 66.0 Å². The minimum atomic E-state index is -0.0795. The zero-order valence-electron chi connectivity index (χ0n) is 18.9. The SMILES string of the molecule is CCNC(=NCCCCCCC(=O)OCC)NC(C)CCCN(CC)CC.I. The van der Waals surface area contributed by atoms with Crippen molar-refractivity contribution in [1.82, 2.24) is 15.5 Å². The van der Waals surface area contributed by atoms with Gasteiger partial charge in [-0.2, -0.15) is 0 Å². The van der Waals surface area contributed by atoms with Crippen molar-refractivity contribution in [3.63, 3.8) is 0 Å². The minimum absolute atomic E-state index is 0. The Morgan fingerprint density at radius 3 is 2.32 bits per heavy atom. The Kier molecular flexibility index (Phi) is 22.4. The lowest BCUT2D eigenvalue weighted by molar-refractivity contribution is -0.143. The molecule has 0 aliphatic heterocycles. The number of halogens is 1. The lowest BCUT2D eigenvalue weighted by Crippen LogP contribution is -2.42. The fourth-order valence-electron chi connectivity index (χ4n) is 2.95. The molecule has 6 nitrogen and oxygen atoms in total. The van der Waals surface area contributed by atoms with Crippen LogP contribution in [0, 0.1) is 0 Å². The van der Waals surface area contributed by atoms with E-state index < -0.39 is 0 Å². The molecular weight excluding hydrogens is 467 g/mol. The first kappa shape index (κ1) is 29.6. The van der Waals surface area contributed by atoms with Gasteiger partial charge < -0.3 is 20.3 Å². The number of nitrogens with zero attached hydrogens (tertiary/aromatic N) is 2. The second kappa shape index (κ2) is 21.1. The molecule has 0 aliphatic rings. The van der Waals surface area contributed by atoms with Gasteiger partial charge in [-0.25, -0.2) is 0 Å². The summed E-state index contributed by atoms with van der Waals surface area (Å²) in [6, 6.07) is 0.419. The number of hydrogen-bond acceptors (Lipinski definition) is 4. The van der Waals surface area contributed by atoms with Gasteiger partial charge in [0.05, 0.1) is 6.61 Å². The molecule has 0 aromatic rings. The summed E-state index contributed by atoms with van der Waals surface area (Å²) >= 11 is 0. The van der Waals surface area contributed by atoms with Crippen LogP contribution in [0.2, 0.25) is 0 Å². The van der Waals surface area contributed by atoms with Crippen LogP contribution in [-0.4, -0.2) is 62.2 Å². The molecule has 0 aromatic heterocycles. The average molecular weight is 513 g/mol. The molecule has 0 fully saturated rings. The maximum atomic E-state index is 11.3. The Morgan fingerprint density at radius 2 is 1.71 bits per heavy atom. The van der Waals surface area contributed by atoms with E-state index in [-0.39, 0.29) is 29.9 Å². The molecule has 0 aromatic carbocycles. The maximum absolute atomic E-state index is 11.3. The molecule has 168 valence electrons. The van der Waals surface area contributed by atoms with Crippen LogP contribution in [-0.2, 0) is 9.53 Å². The Hall–Kier alpha value is -0.570. The minimum Gasteiger partial charge on any atom is -0.466 e. The second-order valence-electron chi connectivity index (χ2n) is 6.94. The van der Waals surface area contributed by atoms with E-state index in [9.17, 15) is 4.79 Å². The number of carbonyl (C=O) groups excluding carboxylic acids is 1. The van der Waals surface area contributed by atoms with Gasteiger partial charge in [0, 0.05) is 25.6 Å². The fourth-order valence-corrected chi connectivity index (χ4v) is 2.95. The highest BCUT2D eigenvalue weighted by atomic mass is 127. The van der Waals surface area contributed by atoms with Crippen LogP contribution < -0.4 is 10.6 Å². The van der Waals surface area contributed by atoms with Crippen LogP contribution in [0.1, 0.15) is 79.6 Å². The molecule has 0 bridgehead atoms. The quantitative estimate of drug-likeness (QED) is 0.107. The summed E-state index contributed by atoms with van der Waals surface area (Å²) < 4.78 is 4.94. The molecule has 0 spiro atoms. The van der Waals surface area contributed by atoms with Gasteiger partial charge in [0.2, 0.25) is 0 Å². The smallest absolute Gasteiger partial charge is 0.305 e. The number of esters is 1. The van der Waals surface area contributed by atoms with E-state index >= 15 is 0 Å². The van der Waals surface area contributed by atoms with E-state index in [0.717, 1.165) is 64.2 Å². The molecule has 28 heavy (non-hydrogen) atoms. The summed E-state index contributed by atoms with van der Waals surface area (Å²) in [5.41, 5.74) is 0. The first-order valence-electron chi connectivity index (χ1n) is 11.0. The van der Waals surface area contributed by atoms with Crippen molar-refractivity contribution in [3.05, 3.63) is 0 Å². The Bertz CT molecular complexity index is 391. The van der Waals surface area contributed by atoms with E-state index in [1.54, 1.807) is 0 Å². The third-order valence-corrected chi connectivity index (χ3v) is 4.60. The van der Waals surface area contributed by atoms with Crippen molar-refractivity contribution in [2.75, 3.05) is 39.3 Å². The highest BCUT2D eigenvalue weighted by Crippen LogP contribution is 2.04. The van der Waals surface area contributed by atoms with Crippen LogP contribution in [0.4, 0.5) is 0 Å². The number of aliphatic imine (C=N–C) groups is 1. The third kappa shape index (κ3) is 17.5. The second-order valence-corrected chi connectivity index (χ2v) is 6.94. The molecule has 0 radical (unpaired) electrons. The van der Waals surface area contributed by atoms with Crippen LogP contribution in [0.15, 0.2) is 4.99 Å². The largest absolute Gasteiger partial charge is 0.466 e.